The van der Waals surface area contributed by atoms with Crippen molar-refractivity contribution in [1.82, 2.24) is 4.98 Å². The summed E-state index contributed by atoms with van der Waals surface area (Å²) in [5.41, 5.74) is 0. The van der Waals surface area contributed by atoms with Crippen LogP contribution in [0.1, 0.15) is 6.42 Å². The van der Waals surface area contributed by atoms with E-state index in [-0.39, 0.29) is 0 Å². The Morgan fingerprint density at radius 1 is 0.905 bits per heavy atom. The molecule has 2 aromatic carbocycles. The third kappa shape index (κ3) is 3.72. The molecule has 0 aliphatic carbocycles. The summed E-state index contributed by atoms with van der Waals surface area (Å²) in [6, 6.07) is 20.3. The van der Waals surface area contributed by atoms with Crippen molar-refractivity contribution in [3.05, 3.63) is 66.9 Å². The Morgan fingerprint density at radius 3 is 2.62 bits per heavy atom. The fraction of sp³-hybridized carbons (Fsp3) is 0.167. The average Bonchev–Trinajstić information content (AvgIpc) is 2.55. The van der Waals surface area contributed by atoms with Gasteiger partial charge in [0.1, 0.15) is 11.6 Å². The second-order valence-electron chi connectivity index (χ2n) is 4.85. The van der Waals surface area contributed by atoms with Crippen molar-refractivity contribution < 1.29 is 4.74 Å². The van der Waals surface area contributed by atoms with Crippen molar-refractivity contribution in [2.45, 2.75) is 6.42 Å². The molecule has 0 unspecified atom stereocenters. The normalized spacial score (nSPS) is 10.5. The van der Waals surface area contributed by atoms with Gasteiger partial charge in [-0.25, -0.2) is 4.98 Å². The molecule has 1 N–H and O–H groups in total. The topological polar surface area (TPSA) is 34.1 Å². The lowest BCUT2D eigenvalue weighted by Gasteiger charge is -2.08. The lowest BCUT2D eigenvalue weighted by Crippen LogP contribution is -2.08. The molecule has 0 radical (unpaired) electrons. The molecule has 0 saturated carbocycles. The summed E-state index contributed by atoms with van der Waals surface area (Å²) in [5, 5.41) is 5.72. The minimum absolute atomic E-state index is 0.693. The first-order valence-corrected chi connectivity index (χ1v) is 7.18. The monoisotopic (exact) mass is 278 g/mol. The molecule has 3 rings (SSSR count). The van der Waals surface area contributed by atoms with E-state index in [2.05, 4.69) is 34.6 Å². The van der Waals surface area contributed by atoms with Crippen molar-refractivity contribution >= 4 is 16.6 Å². The van der Waals surface area contributed by atoms with E-state index >= 15 is 0 Å². The van der Waals surface area contributed by atoms with Gasteiger partial charge in [0, 0.05) is 12.7 Å². The largest absolute Gasteiger partial charge is 0.494 e. The molecule has 0 aliphatic rings. The highest BCUT2D eigenvalue weighted by Crippen LogP contribution is 2.20. The van der Waals surface area contributed by atoms with E-state index < -0.39 is 0 Å². The van der Waals surface area contributed by atoms with Crippen LogP contribution in [0.2, 0.25) is 0 Å². The zero-order valence-electron chi connectivity index (χ0n) is 11.8. The van der Waals surface area contributed by atoms with Crippen molar-refractivity contribution in [3.63, 3.8) is 0 Å². The molecule has 0 bridgehead atoms. The zero-order valence-corrected chi connectivity index (χ0v) is 11.8. The number of hydrogen-bond acceptors (Lipinski definition) is 3. The molecule has 0 spiro atoms. The van der Waals surface area contributed by atoms with Crippen LogP contribution in [0.4, 0.5) is 5.82 Å². The SMILES string of the molecule is c1ccc(NCCCOc2ccc3ccccc3c2)nc1. The Bertz CT molecular complexity index is 698. The average molecular weight is 278 g/mol. The summed E-state index contributed by atoms with van der Waals surface area (Å²) < 4.78 is 5.79. The first-order valence-electron chi connectivity index (χ1n) is 7.18. The van der Waals surface area contributed by atoms with Crippen molar-refractivity contribution in [1.29, 1.82) is 0 Å². The summed E-state index contributed by atoms with van der Waals surface area (Å²) in [7, 11) is 0. The Labute approximate surface area is 124 Å². The maximum absolute atomic E-state index is 5.79. The van der Waals surface area contributed by atoms with Gasteiger partial charge < -0.3 is 10.1 Å². The van der Waals surface area contributed by atoms with Gasteiger partial charge in [-0.2, -0.15) is 0 Å². The molecule has 1 aromatic heterocycles. The minimum atomic E-state index is 0.693. The molecule has 0 fully saturated rings. The Balaban J connectivity index is 1.46. The Kier molecular flexibility index (Phi) is 4.32. The summed E-state index contributed by atoms with van der Waals surface area (Å²) >= 11 is 0. The lowest BCUT2D eigenvalue weighted by molar-refractivity contribution is 0.315. The van der Waals surface area contributed by atoms with Crippen LogP contribution in [0, 0.1) is 0 Å². The van der Waals surface area contributed by atoms with E-state index in [0.29, 0.717) is 6.61 Å². The van der Waals surface area contributed by atoms with Crippen molar-refractivity contribution in [2.24, 2.45) is 0 Å². The maximum atomic E-state index is 5.79. The molecule has 0 atom stereocenters. The number of anilines is 1. The van der Waals surface area contributed by atoms with Gasteiger partial charge in [-0.15, -0.1) is 0 Å². The van der Waals surface area contributed by atoms with Gasteiger partial charge >= 0.3 is 0 Å². The number of pyridine rings is 1. The lowest BCUT2D eigenvalue weighted by atomic mass is 10.1. The number of nitrogens with zero attached hydrogens (tertiary/aromatic N) is 1. The molecule has 0 amide bonds. The number of rotatable bonds is 6. The Hall–Kier alpha value is -2.55. The zero-order chi connectivity index (χ0) is 14.3. The molecule has 0 saturated heterocycles. The predicted octanol–water partition coefficient (Wildman–Crippen LogP) is 4.12. The van der Waals surface area contributed by atoms with Gasteiger partial charge in [-0.3, -0.25) is 0 Å². The summed E-state index contributed by atoms with van der Waals surface area (Å²) in [6.45, 7) is 1.54. The first-order chi connectivity index (χ1) is 10.4. The molecule has 0 aliphatic heterocycles. The second kappa shape index (κ2) is 6.75. The van der Waals surface area contributed by atoms with E-state index in [4.69, 9.17) is 4.74 Å². The van der Waals surface area contributed by atoms with Gasteiger partial charge in [-0.1, -0.05) is 36.4 Å². The van der Waals surface area contributed by atoms with E-state index in [1.165, 1.54) is 10.8 Å². The smallest absolute Gasteiger partial charge is 0.125 e. The summed E-state index contributed by atoms with van der Waals surface area (Å²) in [6.07, 6.45) is 2.72. The molecule has 3 heteroatoms. The van der Waals surface area contributed by atoms with Gasteiger partial charge in [0.2, 0.25) is 0 Å². The molecule has 3 nitrogen and oxygen atoms in total. The van der Waals surface area contributed by atoms with Crippen LogP contribution in [0.15, 0.2) is 66.9 Å². The quantitative estimate of drug-likeness (QED) is 0.689. The third-order valence-electron chi connectivity index (χ3n) is 3.28. The molecule has 106 valence electrons. The summed E-state index contributed by atoms with van der Waals surface area (Å²) in [4.78, 5) is 4.22. The van der Waals surface area contributed by atoms with Crippen LogP contribution < -0.4 is 10.1 Å². The number of benzene rings is 2. The van der Waals surface area contributed by atoms with Crippen molar-refractivity contribution in [2.75, 3.05) is 18.5 Å². The van der Waals surface area contributed by atoms with Gasteiger partial charge in [0.15, 0.2) is 0 Å². The molecule has 3 aromatic rings. The highest BCUT2D eigenvalue weighted by atomic mass is 16.5. The van der Waals surface area contributed by atoms with E-state index in [9.17, 15) is 0 Å². The fourth-order valence-corrected chi connectivity index (χ4v) is 2.20. The fourth-order valence-electron chi connectivity index (χ4n) is 2.20. The number of nitrogens with one attached hydrogen (secondary N) is 1. The van der Waals surface area contributed by atoms with Crippen LogP contribution in [0.25, 0.3) is 10.8 Å². The van der Waals surface area contributed by atoms with Crippen LogP contribution in [0.3, 0.4) is 0 Å². The van der Waals surface area contributed by atoms with E-state index in [1.807, 2.05) is 36.4 Å². The molecule has 1 heterocycles. The third-order valence-corrected chi connectivity index (χ3v) is 3.28. The minimum Gasteiger partial charge on any atom is -0.494 e. The predicted molar refractivity (Wildman–Crippen MR) is 86.8 cm³/mol. The van der Waals surface area contributed by atoms with Gasteiger partial charge in [0.05, 0.1) is 6.61 Å². The van der Waals surface area contributed by atoms with E-state index in [1.54, 1.807) is 6.20 Å². The number of hydrogen-bond donors (Lipinski definition) is 1. The molecular formula is C18H18N2O. The van der Waals surface area contributed by atoms with Crippen LogP contribution in [-0.4, -0.2) is 18.1 Å². The number of ether oxygens (including phenoxy) is 1. The molecular weight excluding hydrogens is 260 g/mol. The van der Waals surface area contributed by atoms with Crippen molar-refractivity contribution in [3.8, 4) is 5.75 Å². The van der Waals surface area contributed by atoms with Gasteiger partial charge in [-0.05, 0) is 41.5 Å². The van der Waals surface area contributed by atoms with Gasteiger partial charge in [0.25, 0.3) is 0 Å². The van der Waals surface area contributed by atoms with Crippen LogP contribution >= 0.6 is 0 Å². The van der Waals surface area contributed by atoms with Crippen LogP contribution in [-0.2, 0) is 0 Å². The standard InChI is InChI=1S/C18H18N2O/c1-2-7-16-14-17(10-9-15(16)6-1)21-13-5-12-20-18-8-3-4-11-19-18/h1-4,6-11,14H,5,12-13H2,(H,19,20). The highest BCUT2D eigenvalue weighted by molar-refractivity contribution is 5.83. The summed E-state index contributed by atoms with van der Waals surface area (Å²) in [5.74, 6) is 1.83. The number of aromatic nitrogens is 1. The highest BCUT2D eigenvalue weighted by Gasteiger charge is 1.97. The van der Waals surface area contributed by atoms with Crippen LogP contribution in [0.5, 0.6) is 5.75 Å². The Morgan fingerprint density at radius 2 is 1.76 bits per heavy atom. The van der Waals surface area contributed by atoms with E-state index in [0.717, 1.165) is 24.5 Å². The maximum Gasteiger partial charge on any atom is 0.125 e. The number of fused-ring (bicyclic) bond motifs is 1. The molecule has 21 heavy (non-hydrogen) atoms. The second-order valence-corrected chi connectivity index (χ2v) is 4.85. The first kappa shape index (κ1) is 13.4.